The molecule has 0 spiro atoms. The van der Waals surface area contributed by atoms with Crippen molar-refractivity contribution in [2.45, 2.75) is 111 Å². The van der Waals surface area contributed by atoms with Crippen molar-refractivity contribution in [1.29, 1.82) is 0 Å². The quantitative estimate of drug-likeness (QED) is 0.254. The van der Waals surface area contributed by atoms with Gasteiger partial charge in [0.1, 0.15) is 0 Å². The van der Waals surface area contributed by atoms with Crippen LogP contribution in [0.5, 0.6) is 0 Å². The number of hydrogen-bond acceptors (Lipinski definition) is 0. The normalized spacial score (nSPS) is 22.7. The molecule has 1 saturated carbocycles. The van der Waals surface area contributed by atoms with E-state index in [1.807, 2.05) is 0 Å². The topological polar surface area (TPSA) is 0 Å². The maximum atomic E-state index is 2.59. The first kappa shape index (κ1) is 19.8. The summed E-state index contributed by atoms with van der Waals surface area (Å²) in [5, 5.41) is 0. The van der Waals surface area contributed by atoms with Crippen molar-refractivity contribution >= 4 is 0 Å². The number of rotatable bonds is 12. The third kappa shape index (κ3) is 8.39. The highest BCUT2D eigenvalue weighted by Crippen LogP contribution is 2.36. The van der Waals surface area contributed by atoms with Crippen LogP contribution in [0.15, 0.2) is 12.2 Å². The maximum absolute atomic E-state index is 2.59. The van der Waals surface area contributed by atoms with Gasteiger partial charge < -0.3 is 0 Å². The number of allylic oxidation sites excluding steroid dienone is 2. The molecule has 1 fully saturated rings. The number of unbranched alkanes of at least 4 members (excludes halogenated alkanes) is 4. The average molecular weight is 307 g/mol. The standard InChI is InChI=1S/C22H42/c1-5-7-8-9-10-14-20-16-13-17-21(20)15-11-12-19-22(3,4)18-6-2/h11,15,20-21H,5-10,12-14,16-19H2,1-4H3/b15-11+/t20-,21-/m0/s1. The summed E-state index contributed by atoms with van der Waals surface area (Å²) in [6.45, 7) is 9.47. The van der Waals surface area contributed by atoms with E-state index in [1.54, 1.807) is 0 Å². The molecule has 1 aliphatic carbocycles. The van der Waals surface area contributed by atoms with Gasteiger partial charge in [0.05, 0.1) is 0 Å². The minimum absolute atomic E-state index is 0.535. The van der Waals surface area contributed by atoms with Gasteiger partial charge >= 0.3 is 0 Å². The van der Waals surface area contributed by atoms with E-state index in [-0.39, 0.29) is 0 Å². The zero-order valence-electron chi connectivity index (χ0n) is 16.0. The predicted octanol–water partition coefficient (Wildman–Crippen LogP) is 7.93. The van der Waals surface area contributed by atoms with Gasteiger partial charge in [-0.1, -0.05) is 84.8 Å². The number of hydrogen-bond donors (Lipinski definition) is 0. The minimum Gasteiger partial charge on any atom is -0.0882 e. The van der Waals surface area contributed by atoms with Gasteiger partial charge in [-0.05, 0) is 55.8 Å². The maximum Gasteiger partial charge on any atom is -0.0205 e. The van der Waals surface area contributed by atoms with Crippen LogP contribution >= 0.6 is 0 Å². The van der Waals surface area contributed by atoms with Crippen LogP contribution in [0.25, 0.3) is 0 Å². The van der Waals surface area contributed by atoms with Gasteiger partial charge in [0.15, 0.2) is 0 Å². The Hall–Kier alpha value is -0.260. The molecule has 0 heterocycles. The van der Waals surface area contributed by atoms with Crippen molar-refractivity contribution in [3.8, 4) is 0 Å². The molecule has 130 valence electrons. The second kappa shape index (κ2) is 11.3. The molecule has 1 rings (SSSR count). The molecule has 0 unspecified atom stereocenters. The highest BCUT2D eigenvalue weighted by atomic mass is 14.3. The summed E-state index contributed by atoms with van der Waals surface area (Å²) in [7, 11) is 0. The van der Waals surface area contributed by atoms with Crippen molar-refractivity contribution in [3.63, 3.8) is 0 Å². The Labute approximate surface area is 141 Å². The lowest BCUT2D eigenvalue weighted by molar-refractivity contribution is 0.306. The lowest BCUT2D eigenvalue weighted by Gasteiger charge is -2.23. The minimum atomic E-state index is 0.535. The molecular formula is C22H42. The van der Waals surface area contributed by atoms with Crippen LogP contribution < -0.4 is 0 Å². The molecule has 2 atom stereocenters. The van der Waals surface area contributed by atoms with Crippen LogP contribution in [0, 0.1) is 17.3 Å². The molecule has 0 nitrogen and oxygen atoms in total. The smallest absolute Gasteiger partial charge is 0.0205 e. The van der Waals surface area contributed by atoms with Crippen LogP contribution in [0.3, 0.4) is 0 Å². The van der Waals surface area contributed by atoms with Crippen LogP contribution in [0.1, 0.15) is 111 Å². The molecule has 22 heavy (non-hydrogen) atoms. The average Bonchev–Trinajstić information content (AvgIpc) is 2.91. The highest BCUT2D eigenvalue weighted by molar-refractivity contribution is 4.95. The van der Waals surface area contributed by atoms with Crippen molar-refractivity contribution in [2.75, 3.05) is 0 Å². The molecule has 0 aromatic heterocycles. The van der Waals surface area contributed by atoms with E-state index in [0.717, 1.165) is 11.8 Å². The first-order chi connectivity index (χ1) is 10.6. The van der Waals surface area contributed by atoms with Crippen LogP contribution in [-0.4, -0.2) is 0 Å². The van der Waals surface area contributed by atoms with E-state index in [9.17, 15) is 0 Å². The van der Waals surface area contributed by atoms with E-state index in [1.165, 1.54) is 83.5 Å². The third-order valence-corrected chi connectivity index (χ3v) is 5.69. The molecule has 0 N–H and O–H groups in total. The lowest BCUT2D eigenvalue weighted by atomic mass is 9.83. The van der Waals surface area contributed by atoms with E-state index >= 15 is 0 Å². The van der Waals surface area contributed by atoms with Gasteiger partial charge in [-0.2, -0.15) is 0 Å². The van der Waals surface area contributed by atoms with Gasteiger partial charge in [0, 0.05) is 0 Å². The second-order valence-electron chi connectivity index (χ2n) is 8.44. The van der Waals surface area contributed by atoms with Crippen LogP contribution in [0.2, 0.25) is 0 Å². The van der Waals surface area contributed by atoms with Crippen molar-refractivity contribution < 1.29 is 0 Å². The van der Waals surface area contributed by atoms with Gasteiger partial charge in [0.25, 0.3) is 0 Å². The Morgan fingerprint density at radius 2 is 1.68 bits per heavy atom. The Morgan fingerprint density at radius 3 is 2.41 bits per heavy atom. The van der Waals surface area contributed by atoms with E-state index in [2.05, 4.69) is 39.8 Å². The molecule has 0 aromatic carbocycles. The summed E-state index contributed by atoms with van der Waals surface area (Å²) in [6, 6.07) is 0. The van der Waals surface area contributed by atoms with E-state index in [4.69, 9.17) is 0 Å². The monoisotopic (exact) mass is 306 g/mol. The lowest BCUT2D eigenvalue weighted by Crippen LogP contribution is -2.10. The summed E-state index contributed by atoms with van der Waals surface area (Å²) >= 11 is 0. The Kier molecular flexibility index (Phi) is 10.2. The highest BCUT2D eigenvalue weighted by Gasteiger charge is 2.24. The Morgan fingerprint density at radius 1 is 0.909 bits per heavy atom. The van der Waals surface area contributed by atoms with Crippen molar-refractivity contribution in [1.82, 2.24) is 0 Å². The van der Waals surface area contributed by atoms with Crippen LogP contribution in [-0.2, 0) is 0 Å². The summed E-state index contributed by atoms with van der Waals surface area (Å²) in [5.74, 6) is 1.90. The molecule has 0 aliphatic heterocycles. The van der Waals surface area contributed by atoms with E-state index in [0.29, 0.717) is 5.41 Å². The molecule has 0 heteroatoms. The third-order valence-electron chi connectivity index (χ3n) is 5.69. The fourth-order valence-corrected chi connectivity index (χ4v) is 4.23. The predicted molar refractivity (Wildman–Crippen MR) is 101 cm³/mol. The summed E-state index contributed by atoms with van der Waals surface area (Å²) in [4.78, 5) is 0. The van der Waals surface area contributed by atoms with Gasteiger partial charge in [-0.25, -0.2) is 0 Å². The Balaban J connectivity index is 2.21. The summed E-state index contributed by atoms with van der Waals surface area (Å²) < 4.78 is 0. The Bertz CT molecular complexity index is 286. The molecule has 0 aromatic rings. The fourth-order valence-electron chi connectivity index (χ4n) is 4.23. The molecular weight excluding hydrogens is 264 g/mol. The second-order valence-corrected chi connectivity index (χ2v) is 8.44. The van der Waals surface area contributed by atoms with Crippen molar-refractivity contribution in [2.24, 2.45) is 17.3 Å². The molecule has 0 amide bonds. The van der Waals surface area contributed by atoms with Gasteiger partial charge in [-0.15, -0.1) is 0 Å². The summed E-state index contributed by atoms with van der Waals surface area (Å²) in [5.41, 5.74) is 0.535. The van der Waals surface area contributed by atoms with E-state index < -0.39 is 0 Å². The first-order valence-electron chi connectivity index (χ1n) is 10.3. The summed E-state index contributed by atoms with van der Waals surface area (Å²) in [6.07, 6.45) is 23.5. The van der Waals surface area contributed by atoms with Gasteiger partial charge in [-0.3, -0.25) is 0 Å². The first-order valence-corrected chi connectivity index (χ1v) is 10.3. The zero-order valence-corrected chi connectivity index (χ0v) is 16.0. The zero-order chi connectivity index (χ0) is 16.3. The van der Waals surface area contributed by atoms with Crippen LogP contribution in [0.4, 0.5) is 0 Å². The molecule has 1 aliphatic rings. The molecule has 0 radical (unpaired) electrons. The SMILES string of the molecule is CCCCCCC[C@H]1CCC[C@@H]1/C=C/CCC(C)(C)CCC. The van der Waals surface area contributed by atoms with Gasteiger partial charge in [0.2, 0.25) is 0 Å². The molecule has 0 bridgehead atoms. The fraction of sp³-hybridized carbons (Fsp3) is 0.909. The largest absolute Gasteiger partial charge is 0.0882 e. The molecule has 0 saturated heterocycles. The van der Waals surface area contributed by atoms with Crippen molar-refractivity contribution in [3.05, 3.63) is 12.2 Å².